The van der Waals surface area contributed by atoms with E-state index in [-0.39, 0.29) is 17.4 Å². The molecule has 0 spiro atoms. The fourth-order valence-corrected chi connectivity index (χ4v) is 5.14. The maximum absolute atomic E-state index is 12.9. The zero-order chi connectivity index (χ0) is 24.2. The minimum Gasteiger partial charge on any atom is -0.493 e. The van der Waals surface area contributed by atoms with Gasteiger partial charge in [0, 0.05) is 17.6 Å². The summed E-state index contributed by atoms with van der Waals surface area (Å²) in [6, 6.07) is 11.6. The van der Waals surface area contributed by atoms with Crippen LogP contribution in [0.1, 0.15) is 29.5 Å². The van der Waals surface area contributed by atoms with E-state index in [1.165, 1.54) is 0 Å². The number of carbonyl (C=O) groups is 3. The molecule has 2 aliphatic rings. The van der Waals surface area contributed by atoms with Crippen molar-refractivity contribution in [3.8, 4) is 11.5 Å². The number of hydrogen-bond acceptors (Lipinski definition) is 6. The Kier molecular flexibility index (Phi) is 7.63. The zero-order valence-corrected chi connectivity index (χ0v) is 21.4. The summed E-state index contributed by atoms with van der Waals surface area (Å²) in [4.78, 5) is 40.7. The molecule has 0 N–H and O–H groups in total. The van der Waals surface area contributed by atoms with Crippen molar-refractivity contribution < 1.29 is 23.9 Å². The Morgan fingerprint density at radius 3 is 2.62 bits per heavy atom. The molecule has 0 radical (unpaired) electrons. The van der Waals surface area contributed by atoms with Crippen LogP contribution in [-0.4, -0.2) is 53.6 Å². The number of likely N-dealkylation sites (tertiary alicyclic amines) is 1. The van der Waals surface area contributed by atoms with Crippen molar-refractivity contribution in [1.82, 2.24) is 9.80 Å². The number of methoxy groups -OCH3 is 1. The van der Waals surface area contributed by atoms with Crippen LogP contribution < -0.4 is 9.47 Å². The van der Waals surface area contributed by atoms with Crippen LogP contribution in [0.25, 0.3) is 6.08 Å². The molecule has 2 saturated heterocycles. The van der Waals surface area contributed by atoms with Crippen LogP contribution in [0.3, 0.4) is 0 Å². The van der Waals surface area contributed by atoms with Gasteiger partial charge in [-0.05, 0) is 60.9 Å². The Morgan fingerprint density at radius 1 is 1.15 bits per heavy atom. The third-order valence-electron chi connectivity index (χ3n) is 5.67. The SMILES string of the molecule is COc1cc(/C=C2/SC(=O)N(CC(=O)N3CCCC3)C2=O)c(Br)cc1OCc1cccc(C)c1. The highest BCUT2D eigenvalue weighted by Gasteiger charge is 2.37. The van der Waals surface area contributed by atoms with E-state index in [1.54, 1.807) is 30.2 Å². The van der Waals surface area contributed by atoms with E-state index >= 15 is 0 Å². The summed E-state index contributed by atoms with van der Waals surface area (Å²) in [5.74, 6) is 0.398. The van der Waals surface area contributed by atoms with Crippen LogP contribution in [0.5, 0.6) is 11.5 Å². The molecule has 0 unspecified atom stereocenters. The molecule has 34 heavy (non-hydrogen) atoms. The molecule has 2 aromatic carbocycles. The number of hydrogen-bond donors (Lipinski definition) is 0. The Hall–Kier alpha value is -2.78. The fraction of sp³-hybridized carbons (Fsp3) is 0.320. The summed E-state index contributed by atoms with van der Waals surface area (Å²) in [7, 11) is 1.55. The van der Waals surface area contributed by atoms with E-state index in [0.29, 0.717) is 41.2 Å². The number of halogens is 1. The molecule has 178 valence electrons. The number of nitrogens with zero attached hydrogens (tertiary/aromatic N) is 2. The topological polar surface area (TPSA) is 76.2 Å². The number of imide groups is 1. The van der Waals surface area contributed by atoms with Gasteiger partial charge in [0.05, 0.1) is 12.0 Å². The van der Waals surface area contributed by atoms with Crippen molar-refractivity contribution in [3.63, 3.8) is 0 Å². The number of thioether (sulfide) groups is 1. The van der Waals surface area contributed by atoms with Gasteiger partial charge in [0.2, 0.25) is 5.91 Å². The summed E-state index contributed by atoms with van der Waals surface area (Å²) >= 11 is 4.36. The van der Waals surface area contributed by atoms with E-state index in [0.717, 1.165) is 40.6 Å². The molecule has 0 atom stereocenters. The minimum absolute atomic E-state index is 0.195. The second-order valence-corrected chi connectivity index (χ2v) is 10.0. The van der Waals surface area contributed by atoms with Crippen LogP contribution >= 0.6 is 27.7 Å². The van der Waals surface area contributed by atoms with E-state index in [1.807, 2.05) is 25.1 Å². The Bertz CT molecular complexity index is 1160. The second-order valence-electron chi connectivity index (χ2n) is 8.16. The molecule has 4 rings (SSSR count). The van der Waals surface area contributed by atoms with E-state index in [2.05, 4.69) is 22.0 Å². The highest BCUT2D eigenvalue weighted by atomic mass is 79.9. The quantitative estimate of drug-likeness (QED) is 0.456. The molecule has 2 aliphatic heterocycles. The molecule has 7 nitrogen and oxygen atoms in total. The summed E-state index contributed by atoms with van der Waals surface area (Å²) in [6.07, 6.45) is 3.53. The third kappa shape index (κ3) is 5.47. The third-order valence-corrected chi connectivity index (χ3v) is 7.27. The maximum Gasteiger partial charge on any atom is 0.294 e. The zero-order valence-electron chi connectivity index (χ0n) is 19.0. The Labute approximate surface area is 211 Å². The number of benzene rings is 2. The van der Waals surface area contributed by atoms with Gasteiger partial charge in [0.25, 0.3) is 11.1 Å². The van der Waals surface area contributed by atoms with Crippen molar-refractivity contribution in [1.29, 1.82) is 0 Å². The first-order valence-corrected chi connectivity index (χ1v) is 12.6. The largest absolute Gasteiger partial charge is 0.493 e. The van der Waals surface area contributed by atoms with Crippen molar-refractivity contribution in [2.45, 2.75) is 26.4 Å². The highest BCUT2D eigenvalue weighted by Crippen LogP contribution is 2.38. The van der Waals surface area contributed by atoms with Crippen molar-refractivity contribution >= 4 is 50.8 Å². The molecule has 2 aromatic rings. The fourth-order valence-electron chi connectivity index (χ4n) is 3.88. The molecule has 0 aromatic heterocycles. The van der Waals surface area contributed by atoms with E-state index in [9.17, 15) is 14.4 Å². The van der Waals surface area contributed by atoms with Crippen molar-refractivity contribution in [3.05, 3.63) is 62.5 Å². The lowest BCUT2D eigenvalue weighted by Crippen LogP contribution is -2.40. The molecular formula is C25H25BrN2O5S. The summed E-state index contributed by atoms with van der Waals surface area (Å²) in [6.45, 7) is 3.54. The molecule has 0 saturated carbocycles. The maximum atomic E-state index is 12.9. The number of carbonyl (C=O) groups excluding carboxylic acids is 3. The molecule has 2 heterocycles. The molecule has 3 amide bonds. The molecule has 0 bridgehead atoms. The lowest BCUT2D eigenvalue weighted by atomic mass is 10.1. The van der Waals surface area contributed by atoms with Crippen molar-refractivity contribution in [2.24, 2.45) is 0 Å². The lowest BCUT2D eigenvalue weighted by Gasteiger charge is -2.18. The van der Waals surface area contributed by atoms with Gasteiger partial charge in [-0.15, -0.1) is 0 Å². The Balaban J connectivity index is 1.50. The normalized spacial score (nSPS) is 17.1. The average Bonchev–Trinajstić information content (AvgIpc) is 3.44. The minimum atomic E-state index is -0.465. The smallest absolute Gasteiger partial charge is 0.294 e. The van der Waals surface area contributed by atoms with Crippen molar-refractivity contribution in [2.75, 3.05) is 26.7 Å². The predicted molar refractivity (Wildman–Crippen MR) is 135 cm³/mol. The molecular weight excluding hydrogens is 520 g/mol. The van der Waals surface area contributed by atoms with Gasteiger partial charge < -0.3 is 14.4 Å². The van der Waals surface area contributed by atoms with Gasteiger partial charge in [0.15, 0.2) is 11.5 Å². The highest BCUT2D eigenvalue weighted by molar-refractivity contribution is 9.10. The van der Waals surface area contributed by atoms with Crippen LogP contribution in [0.4, 0.5) is 4.79 Å². The predicted octanol–water partition coefficient (Wildman–Crippen LogP) is 5.00. The van der Waals surface area contributed by atoms with Gasteiger partial charge in [-0.3, -0.25) is 19.3 Å². The van der Waals surface area contributed by atoms with Gasteiger partial charge >= 0.3 is 0 Å². The molecule has 0 aliphatic carbocycles. The van der Waals surface area contributed by atoms with Gasteiger partial charge in [-0.25, -0.2) is 0 Å². The lowest BCUT2D eigenvalue weighted by molar-refractivity contribution is -0.135. The summed E-state index contributed by atoms with van der Waals surface area (Å²) < 4.78 is 12.2. The van der Waals surface area contributed by atoms with E-state index < -0.39 is 11.1 Å². The average molecular weight is 545 g/mol. The summed E-state index contributed by atoms with van der Waals surface area (Å²) in [5.41, 5.74) is 2.86. The first-order valence-electron chi connectivity index (χ1n) is 10.9. The van der Waals surface area contributed by atoms with Crippen LogP contribution in [-0.2, 0) is 16.2 Å². The van der Waals surface area contributed by atoms with Crippen LogP contribution in [0.2, 0.25) is 0 Å². The number of rotatable bonds is 7. The first kappa shape index (κ1) is 24.3. The molecule has 2 fully saturated rings. The summed E-state index contributed by atoms with van der Waals surface area (Å²) in [5, 5.41) is -0.440. The number of ether oxygens (including phenoxy) is 2. The van der Waals surface area contributed by atoms with Crippen LogP contribution in [0, 0.1) is 6.92 Å². The second kappa shape index (κ2) is 10.7. The monoisotopic (exact) mass is 544 g/mol. The first-order chi connectivity index (χ1) is 16.4. The van der Waals surface area contributed by atoms with Crippen LogP contribution in [0.15, 0.2) is 45.8 Å². The number of amides is 3. The Morgan fingerprint density at radius 2 is 1.91 bits per heavy atom. The van der Waals surface area contributed by atoms with Gasteiger partial charge in [-0.2, -0.15) is 0 Å². The standard InChI is InChI=1S/C25H25BrN2O5S/c1-16-6-5-7-17(10-16)15-33-21-13-19(26)18(11-20(21)32-2)12-22-24(30)28(25(31)34-22)14-23(29)27-8-3-4-9-27/h5-7,10-13H,3-4,8-9,14-15H2,1-2H3/b22-12+. The van der Waals surface area contributed by atoms with E-state index in [4.69, 9.17) is 9.47 Å². The molecule has 9 heteroatoms. The number of aryl methyl sites for hydroxylation is 1. The van der Waals surface area contributed by atoms with Gasteiger partial charge in [-0.1, -0.05) is 45.8 Å². The van der Waals surface area contributed by atoms with Gasteiger partial charge in [0.1, 0.15) is 13.2 Å².